The third-order valence-electron chi connectivity index (χ3n) is 4.21. The van der Waals surface area contributed by atoms with E-state index >= 15 is 0 Å². The van der Waals surface area contributed by atoms with Crippen LogP contribution in [0.1, 0.15) is 17.2 Å². The van der Waals surface area contributed by atoms with Crippen LogP contribution in [-0.4, -0.2) is 15.4 Å². The Morgan fingerprint density at radius 1 is 0.846 bits per heavy atom. The Hall–Kier alpha value is -3.60. The van der Waals surface area contributed by atoms with Gasteiger partial charge in [0, 0.05) is 6.20 Å². The van der Waals surface area contributed by atoms with Crippen molar-refractivity contribution < 1.29 is 4.79 Å². The van der Waals surface area contributed by atoms with Crippen molar-refractivity contribution in [2.75, 3.05) is 5.32 Å². The highest BCUT2D eigenvalue weighted by Gasteiger charge is 2.17. The fraction of sp³-hybridized carbons (Fsp3) is 0.0476. The molecule has 2 aromatic carbocycles. The standard InChI is InChI=1S/C21H18N4O/c26-21(24-20-22-15-18-13-7-8-14-25(18)20)23-19(16-9-3-1-4-10-16)17-11-5-2-6-12-17/h1-15,19H,(H2,22,23,24,26). The maximum Gasteiger partial charge on any atom is 0.322 e. The second-order valence-corrected chi connectivity index (χ2v) is 5.93. The topological polar surface area (TPSA) is 58.4 Å². The molecule has 0 saturated carbocycles. The number of rotatable bonds is 4. The Balaban J connectivity index is 1.58. The molecule has 2 aromatic heterocycles. The monoisotopic (exact) mass is 342 g/mol. The number of nitrogens with zero attached hydrogens (tertiary/aromatic N) is 2. The lowest BCUT2D eigenvalue weighted by Gasteiger charge is -2.20. The number of anilines is 1. The number of nitrogens with one attached hydrogen (secondary N) is 2. The minimum atomic E-state index is -0.306. The summed E-state index contributed by atoms with van der Waals surface area (Å²) in [5, 5.41) is 5.89. The highest BCUT2D eigenvalue weighted by molar-refractivity contribution is 5.88. The molecule has 4 aromatic rings. The number of hydrogen-bond acceptors (Lipinski definition) is 2. The van der Waals surface area contributed by atoms with Gasteiger partial charge in [-0.25, -0.2) is 9.78 Å². The lowest BCUT2D eigenvalue weighted by atomic mass is 9.99. The zero-order valence-corrected chi connectivity index (χ0v) is 14.0. The van der Waals surface area contributed by atoms with Crippen LogP contribution in [0, 0.1) is 0 Å². The molecule has 0 unspecified atom stereocenters. The van der Waals surface area contributed by atoms with Gasteiger partial charge in [-0.1, -0.05) is 66.7 Å². The number of benzene rings is 2. The number of carbonyl (C=O) groups is 1. The van der Waals surface area contributed by atoms with Crippen LogP contribution < -0.4 is 10.6 Å². The minimum absolute atomic E-state index is 0.247. The van der Waals surface area contributed by atoms with Gasteiger partial charge in [-0.3, -0.25) is 9.72 Å². The van der Waals surface area contributed by atoms with Crippen molar-refractivity contribution in [2.24, 2.45) is 0 Å². The van der Waals surface area contributed by atoms with Gasteiger partial charge in [0.15, 0.2) is 0 Å². The first-order chi connectivity index (χ1) is 12.8. The molecule has 5 heteroatoms. The van der Waals surface area contributed by atoms with E-state index in [0.29, 0.717) is 5.95 Å². The molecule has 2 amide bonds. The Kier molecular flexibility index (Phi) is 4.35. The van der Waals surface area contributed by atoms with Crippen molar-refractivity contribution in [2.45, 2.75) is 6.04 Å². The molecule has 0 aliphatic carbocycles. The molecule has 0 saturated heterocycles. The van der Waals surface area contributed by atoms with E-state index in [1.807, 2.05) is 89.5 Å². The van der Waals surface area contributed by atoms with E-state index in [9.17, 15) is 4.79 Å². The number of urea groups is 1. The van der Waals surface area contributed by atoms with E-state index in [0.717, 1.165) is 16.6 Å². The fourth-order valence-corrected chi connectivity index (χ4v) is 2.96. The van der Waals surface area contributed by atoms with Crippen LogP contribution in [-0.2, 0) is 0 Å². The van der Waals surface area contributed by atoms with Gasteiger partial charge in [0.1, 0.15) is 0 Å². The van der Waals surface area contributed by atoms with Crippen molar-refractivity contribution in [3.8, 4) is 0 Å². The first-order valence-corrected chi connectivity index (χ1v) is 8.41. The molecule has 0 fully saturated rings. The molecule has 0 radical (unpaired) electrons. The van der Waals surface area contributed by atoms with Gasteiger partial charge in [0.05, 0.1) is 17.8 Å². The Morgan fingerprint density at radius 3 is 2.12 bits per heavy atom. The van der Waals surface area contributed by atoms with E-state index in [-0.39, 0.29) is 12.1 Å². The van der Waals surface area contributed by atoms with Crippen molar-refractivity contribution in [3.05, 3.63) is 102 Å². The van der Waals surface area contributed by atoms with Gasteiger partial charge in [-0.05, 0) is 23.3 Å². The van der Waals surface area contributed by atoms with E-state index in [1.165, 1.54) is 0 Å². The smallest absolute Gasteiger partial charge is 0.322 e. The molecule has 5 nitrogen and oxygen atoms in total. The summed E-state index contributed by atoms with van der Waals surface area (Å²) < 4.78 is 1.83. The number of pyridine rings is 1. The number of amides is 2. The second-order valence-electron chi connectivity index (χ2n) is 5.93. The number of fused-ring (bicyclic) bond motifs is 1. The minimum Gasteiger partial charge on any atom is -0.327 e. The summed E-state index contributed by atoms with van der Waals surface area (Å²) >= 11 is 0. The summed E-state index contributed by atoms with van der Waals surface area (Å²) in [5.41, 5.74) is 2.95. The van der Waals surface area contributed by atoms with Gasteiger partial charge in [-0.2, -0.15) is 0 Å². The van der Waals surface area contributed by atoms with Crippen molar-refractivity contribution in [1.82, 2.24) is 14.7 Å². The van der Waals surface area contributed by atoms with Crippen molar-refractivity contribution in [3.63, 3.8) is 0 Å². The summed E-state index contributed by atoms with van der Waals surface area (Å²) in [7, 11) is 0. The maximum absolute atomic E-state index is 12.6. The highest BCUT2D eigenvalue weighted by atomic mass is 16.2. The first kappa shape index (κ1) is 15.9. The van der Waals surface area contributed by atoms with E-state index < -0.39 is 0 Å². The first-order valence-electron chi connectivity index (χ1n) is 8.41. The number of hydrogen-bond donors (Lipinski definition) is 2. The lowest BCUT2D eigenvalue weighted by molar-refractivity contribution is 0.250. The zero-order chi connectivity index (χ0) is 17.8. The second kappa shape index (κ2) is 7.11. The molecule has 2 N–H and O–H groups in total. The highest BCUT2D eigenvalue weighted by Crippen LogP contribution is 2.22. The Morgan fingerprint density at radius 2 is 1.46 bits per heavy atom. The molecule has 2 heterocycles. The Bertz CT molecular complexity index is 972. The van der Waals surface area contributed by atoms with Crippen molar-refractivity contribution >= 4 is 17.5 Å². The van der Waals surface area contributed by atoms with Crippen LogP contribution in [0.25, 0.3) is 5.52 Å². The SMILES string of the molecule is O=C(Nc1ncc2ccccn12)NC(c1ccccc1)c1ccccc1. The van der Waals surface area contributed by atoms with E-state index in [1.54, 1.807) is 6.20 Å². The largest absolute Gasteiger partial charge is 0.327 e. The molecule has 0 aliphatic rings. The summed E-state index contributed by atoms with van der Waals surface area (Å²) in [4.78, 5) is 16.9. The van der Waals surface area contributed by atoms with Crippen molar-refractivity contribution in [1.29, 1.82) is 0 Å². The predicted octanol–water partition coefficient (Wildman–Crippen LogP) is 4.25. The van der Waals surface area contributed by atoms with Gasteiger partial charge in [0.25, 0.3) is 0 Å². The fourth-order valence-electron chi connectivity index (χ4n) is 2.96. The van der Waals surface area contributed by atoms with Gasteiger partial charge in [0.2, 0.25) is 5.95 Å². The van der Waals surface area contributed by atoms with Crippen LogP contribution in [0.15, 0.2) is 91.3 Å². The van der Waals surface area contributed by atoms with E-state index in [4.69, 9.17) is 0 Å². The summed E-state index contributed by atoms with van der Waals surface area (Å²) in [5.74, 6) is 0.484. The molecular formula is C21H18N4O. The molecule has 0 aliphatic heterocycles. The van der Waals surface area contributed by atoms with E-state index in [2.05, 4.69) is 15.6 Å². The quantitative estimate of drug-likeness (QED) is 0.583. The number of imidazole rings is 1. The Labute approximate surface area is 151 Å². The molecule has 26 heavy (non-hydrogen) atoms. The molecule has 4 rings (SSSR count). The average molecular weight is 342 g/mol. The molecular weight excluding hydrogens is 324 g/mol. The molecule has 0 atom stereocenters. The summed E-state index contributed by atoms with van der Waals surface area (Å²) in [6, 6.07) is 25.0. The summed E-state index contributed by atoms with van der Waals surface area (Å²) in [6.45, 7) is 0. The van der Waals surface area contributed by atoms with Crippen LogP contribution in [0.3, 0.4) is 0 Å². The molecule has 0 bridgehead atoms. The third-order valence-corrected chi connectivity index (χ3v) is 4.21. The normalized spacial score (nSPS) is 10.8. The van der Waals surface area contributed by atoms with Crippen LogP contribution in [0.2, 0.25) is 0 Å². The zero-order valence-electron chi connectivity index (χ0n) is 14.0. The summed E-state index contributed by atoms with van der Waals surface area (Å²) in [6.07, 6.45) is 3.59. The predicted molar refractivity (Wildman–Crippen MR) is 102 cm³/mol. The molecule has 128 valence electrons. The van der Waals surface area contributed by atoms with Crippen LogP contribution in [0.4, 0.5) is 10.7 Å². The third kappa shape index (κ3) is 3.28. The average Bonchev–Trinajstić information content (AvgIpc) is 3.10. The molecule has 0 spiro atoms. The van der Waals surface area contributed by atoms with Gasteiger partial charge in [-0.15, -0.1) is 0 Å². The van der Waals surface area contributed by atoms with Crippen LogP contribution in [0.5, 0.6) is 0 Å². The van der Waals surface area contributed by atoms with Gasteiger partial charge >= 0.3 is 6.03 Å². The number of aromatic nitrogens is 2. The lowest BCUT2D eigenvalue weighted by Crippen LogP contribution is -2.33. The number of carbonyl (C=O) groups excluding carboxylic acids is 1. The van der Waals surface area contributed by atoms with Gasteiger partial charge < -0.3 is 5.32 Å². The van der Waals surface area contributed by atoms with Crippen LogP contribution >= 0.6 is 0 Å². The maximum atomic E-state index is 12.6.